The fraction of sp³-hybridized carbons (Fsp3) is 0.333. The van der Waals surface area contributed by atoms with Crippen LogP contribution in [-0.4, -0.2) is 33.9 Å². The summed E-state index contributed by atoms with van der Waals surface area (Å²) in [4.78, 5) is 12.8. The molecular weight excluding hydrogens is 431 g/mol. The van der Waals surface area contributed by atoms with E-state index >= 15 is 0 Å². The van der Waals surface area contributed by atoms with Gasteiger partial charge in [-0.2, -0.15) is 0 Å². The lowest BCUT2D eigenvalue weighted by atomic mass is 9.82. The molecule has 7 heteroatoms. The first kappa shape index (κ1) is 21.0. The maximum atomic E-state index is 13.9. The Hall–Kier alpha value is -3.61. The lowest BCUT2D eigenvalue weighted by molar-refractivity contribution is -0.118. The first-order valence-corrected chi connectivity index (χ1v) is 11.8. The van der Waals surface area contributed by atoms with Crippen molar-refractivity contribution in [3.8, 4) is 11.4 Å². The van der Waals surface area contributed by atoms with E-state index in [9.17, 15) is 4.39 Å². The van der Waals surface area contributed by atoms with Crippen molar-refractivity contribution in [1.29, 1.82) is 0 Å². The van der Waals surface area contributed by atoms with Crippen LogP contribution in [0, 0.1) is 12.7 Å². The van der Waals surface area contributed by atoms with Crippen LogP contribution in [0.5, 0.6) is 5.75 Å². The number of nitrogens with zero attached hydrogens (tertiary/aromatic N) is 4. The number of hydrogen-bond donors (Lipinski definition) is 0. The topological polar surface area (TPSA) is 51.9 Å². The van der Waals surface area contributed by atoms with Gasteiger partial charge in [0.1, 0.15) is 11.6 Å². The number of fused-ring (bicyclic) bond motifs is 4. The number of hydrogen-bond acceptors (Lipinski definition) is 5. The number of aromatic nitrogens is 2. The Morgan fingerprint density at radius 1 is 1.15 bits per heavy atom. The van der Waals surface area contributed by atoms with E-state index < -0.39 is 5.72 Å². The number of oxime groups is 1. The number of ether oxygens (including phenoxy) is 1. The third kappa shape index (κ3) is 3.30. The van der Waals surface area contributed by atoms with E-state index in [4.69, 9.17) is 9.57 Å². The Morgan fingerprint density at radius 3 is 2.88 bits per heavy atom. The molecule has 1 spiro atoms. The Kier molecular flexibility index (Phi) is 4.94. The molecule has 6 nitrogen and oxygen atoms in total. The second-order valence-electron chi connectivity index (χ2n) is 9.22. The second-order valence-corrected chi connectivity index (χ2v) is 9.22. The zero-order valence-corrected chi connectivity index (χ0v) is 19.4. The van der Waals surface area contributed by atoms with E-state index in [1.807, 2.05) is 35.9 Å². The first-order valence-electron chi connectivity index (χ1n) is 11.8. The predicted molar refractivity (Wildman–Crippen MR) is 128 cm³/mol. The lowest BCUT2D eigenvalue weighted by Gasteiger charge is -2.43. The molecule has 1 saturated heterocycles. The summed E-state index contributed by atoms with van der Waals surface area (Å²) >= 11 is 0. The van der Waals surface area contributed by atoms with E-state index in [1.54, 1.807) is 19.5 Å². The van der Waals surface area contributed by atoms with Crippen molar-refractivity contribution in [2.24, 2.45) is 5.16 Å². The molecule has 1 aromatic heterocycles. The fourth-order valence-electron chi connectivity index (χ4n) is 5.51. The maximum absolute atomic E-state index is 13.9. The van der Waals surface area contributed by atoms with Gasteiger partial charge in [0.2, 0.25) is 5.72 Å². The molecule has 6 rings (SSSR count). The minimum atomic E-state index is -0.628. The summed E-state index contributed by atoms with van der Waals surface area (Å²) in [6.45, 7) is 2.84. The van der Waals surface area contributed by atoms with Crippen LogP contribution >= 0.6 is 0 Å². The Labute approximate surface area is 198 Å². The van der Waals surface area contributed by atoms with Crippen LogP contribution in [0.3, 0.4) is 0 Å². The van der Waals surface area contributed by atoms with Gasteiger partial charge >= 0.3 is 0 Å². The van der Waals surface area contributed by atoms with E-state index in [1.165, 1.54) is 6.07 Å². The van der Waals surface area contributed by atoms with Crippen LogP contribution in [0.1, 0.15) is 48.1 Å². The average molecular weight is 459 g/mol. The van der Waals surface area contributed by atoms with Crippen molar-refractivity contribution >= 4 is 11.9 Å². The number of benzene rings is 2. The molecule has 0 N–H and O–H groups in total. The van der Waals surface area contributed by atoms with Gasteiger partial charge in [-0.3, -0.25) is 0 Å². The summed E-state index contributed by atoms with van der Waals surface area (Å²) in [6, 6.07) is 11.2. The van der Waals surface area contributed by atoms with Crippen molar-refractivity contribution in [2.75, 3.05) is 13.7 Å². The van der Waals surface area contributed by atoms with Crippen LogP contribution in [0.25, 0.3) is 11.8 Å². The van der Waals surface area contributed by atoms with Crippen LogP contribution < -0.4 is 4.74 Å². The number of halogens is 1. The number of imidazole rings is 1. The predicted octanol–water partition coefficient (Wildman–Crippen LogP) is 5.34. The number of amidine groups is 1. The largest absolute Gasteiger partial charge is 0.495 e. The molecular formula is C27H27FN4O2. The Balaban J connectivity index is 1.34. The van der Waals surface area contributed by atoms with Crippen LogP contribution in [0.15, 0.2) is 59.7 Å². The highest BCUT2D eigenvalue weighted by molar-refractivity contribution is 6.03. The number of rotatable bonds is 3. The van der Waals surface area contributed by atoms with E-state index in [0.29, 0.717) is 0 Å². The summed E-state index contributed by atoms with van der Waals surface area (Å²) < 4.78 is 21.6. The highest BCUT2D eigenvalue weighted by atomic mass is 19.1. The summed E-state index contributed by atoms with van der Waals surface area (Å²) in [5, 5.41) is 4.58. The highest BCUT2D eigenvalue weighted by Crippen LogP contribution is 2.47. The normalized spacial score (nSPS) is 22.4. The summed E-state index contributed by atoms with van der Waals surface area (Å²) in [7, 11) is 1.68. The summed E-state index contributed by atoms with van der Waals surface area (Å²) in [5.41, 5.74) is 5.53. The monoisotopic (exact) mass is 458 g/mol. The molecule has 3 heterocycles. The van der Waals surface area contributed by atoms with Gasteiger partial charge in [-0.1, -0.05) is 11.2 Å². The molecule has 3 aromatic rings. The quantitative estimate of drug-likeness (QED) is 0.532. The molecule has 1 aliphatic carbocycles. The second kappa shape index (κ2) is 8.01. The van der Waals surface area contributed by atoms with Crippen molar-refractivity contribution in [3.05, 3.63) is 82.7 Å². The van der Waals surface area contributed by atoms with Gasteiger partial charge in [0, 0.05) is 24.7 Å². The van der Waals surface area contributed by atoms with Gasteiger partial charge in [-0.05, 0) is 85.7 Å². The fourth-order valence-corrected chi connectivity index (χ4v) is 5.51. The van der Waals surface area contributed by atoms with Crippen LogP contribution in [0.4, 0.5) is 4.39 Å². The molecule has 1 atom stereocenters. The van der Waals surface area contributed by atoms with E-state index in [-0.39, 0.29) is 5.82 Å². The molecule has 0 radical (unpaired) electrons. The first-order chi connectivity index (χ1) is 16.6. The number of piperidine rings is 1. The molecule has 3 aliphatic rings. The minimum Gasteiger partial charge on any atom is -0.495 e. The van der Waals surface area contributed by atoms with Gasteiger partial charge in [0.15, 0.2) is 5.84 Å². The standard InChI is InChI=1S/C27H27FN4O2/c1-18-16-31(17-29-18)24-10-7-19(14-25(24)33-2)13-21-6-4-12-32-26(21)30-34-27(32)11-3-5-20-15-22(28)8-9-23(20)27/h7-10,13-17H,3-6,11-12H2,1-2H3. The van der Waals surface area contributed by atoms with Gasteiger partial charge in [-0.25, -0.2) is 9.37 Å². The van der Waals surface area contributed by atoms with E-state index in [0.717, 1.165) is 83.9 Å². The van der Waals surface area contributed by atoms with Gasteiger partial charge in [-0.15, -0.1) is 0 Å². The van der Waals surface area contributed by atoms with Crippen molar-refractivity contribution < 1.29 is 14.0 Å². The van der Waals surface area contributed by atoms with Crippen molar-refractivity contribution in [3.63, 3.8) is 0 Å². The van der Waals surface area contributed by atoms with Crippen molar-refractivity contribution in [2.45, 2.75) is 44.8 Å². The third-order valence-corrected chi connectivity index (χ3v) is 7.07. The van der Waals surface area contributed by atoms with Gasteiger partial charge in [0.25, 0.3) is 0 Å². The molecule has 174 valence electrons. The SMILES string of the molecule is COc1cc(C=C2CCCN3C2=NOC32CCCc3cc(F)ccc32)ccc1-n1cnc(C)c1. The van der Waals surface area contributed by atoms with Gasteiger partial charge < -0.3 is 19.0 Å². The zero-order chi connectivity index (χ0) is 23.3. The molecule has 0 amide bonds. The average Bonchev–Trinajstić information content (AvgIpc) is 3.44. The smallest absolute Gasteiger partial charge is 0.237 e. The Morgan fingerprint density at radius 2 is 2.06 bits per heavy atom. The Bertz CT molecular complexity index is 1330. The zero-order valence-electron chi connectivity index (χ0n) is 19.4. The molecule has 0 bridgehead atoms. The molecule has 2 aromatic carbocycles. The number of aryl methyl sites for hydroxylation is 2. The summed E-state index contributed by atoms with van der Waals surface area (Å²) in [6.07, 6.45) is 10.5. The number of methoxy groups -OCH3 is 1. The molecule has 34 heavy (non-hydrogen) atoms. The lowest BCUT2D eigenvalue weighted by Crippen LogP contribution is -2.50. The van der Waals surface area contributed by atoms with E-state index in [2.05, 4.69) is 27.2 Å². The summed E-state index contributed by atoms with van der Waals surface area (Å²) in [5.74, 6) is 1.47. The molecule has 1 unspecified atom stereocenters. The molecule has 0 saturated carbocycles. The van der Waals surface area contributed by atoms with Gasteiger partial charge in [0.05, 0.1) is 24.8 Å². The molecule has 2 aliphatic heterocycles. The van der Waals surface area contributed by atoms with Crippen LogP contribution in [-0.2, 0) is 17.0 Å². The highest BCUT2D eigenvalue weighted by Gasteiger charge is 2.51. The van der Waals surface area contributed by atoms with Crippen LogP contribution in [0.2, 0.25) is 0 Å². The minimum absolute atomic E-state index is 0.197. The van der Waals surface area contributed by atoms with Crippen molar-refractivity contribution in [1.82, 2.24) is 14.5 Å². The molecule has 1 fully saturated rings. The third-order valence-electron chi connectivity index (χ3n) is 7.07. The maximum Gasteiger partial charge on any atom is 0.237 e.